The zero-order chi connectivity index (χ0) is 32.0. The number of anilines is 1. The summed E-state index contributed by atoms with van der Waals surface area (Å²) in [4.78, 5) is 26.1. The standard InChI is InChI=1S/C35H35N9O2S/c1-42-30-25(13-23(15-28(30)46-2)34(45)44-17-22-10-12-26(44)29(22)36)39-32(42)27-14-21-9-11-24(38-31(21)43(27)16-18-3-4-18)19-5-7-20(8-6-19)33-40-41-35(37)47-33/h5-9,11,13-15,18,22,26,29H,3-4,10,12,16-17,36H2,1-2H3,(H2,37,41)/t22-,26-,29-/m1/s1. The molecular formula is C35H35N9O2S. The minimum atomic E-state index is 0.000103. The number of imidazole rings is 1. The Morgan fingerprint density at radius 1 is 1.00 bits per heavy atom. The normalized spacial score (nSPS) is 20.6. The van der Waals surface area contributed by atoms with Gasteiger partial charge >= 0.3 is 0 Å². The van der Waals surface area contributed by atoms with Gasteiger partial charge in [-0.3, -0.25) is 4.79 Å². The average Bonchev–Trinajstić information content (AvgIpc) is 3.34. The van der Waals surface area contributed by atoms with Crippen LogP contribution in [0.1, 0.15) is 36.0 Å². The van der Waals surface area contributed by atoms with Gasteiger partial charge in [0.15, 0.2) is 5.82 Å². The largest absolute Gasteiger partial charge is 0.494 e. The van der Waals surface area contributed by atoms with Crippen LogP contribution < -0.4 is 16.2 Å². The highest BCUT2D eigenvalue weighted by Gasteiger charge is 2.47. The van der Waals surface area contributed by atoms with Crippen molar-refractivity contribution in [1.82, 2.24) is 34.2 Å². The topological polar surface area (TPSA) is 143 Å². The number of ether oxygens (including phenoxy) is 1. The van der Waals surface area contributed by atoms with Crippen LogP contribution in [0.2, 0.25) is 0 Å². The van der Waals surface area contributed by atoms with Gasteiger partial charge in [-0.15, -0.1) is 10.2 Å². The number of rotatable bonds is 7. The number of carbonyl (C=O) groups is 1. The first-order valence-corrected chi connectivity index (χ1v) is 17.0. The second kappa shape index (κ2) is 10.6. The van der Waals surface area contributed by atoms with E-state index >= 15 is 0 Å². The molecule has 0 radical (unpaired) electrons. The molecule has 9 rings (SSSR count). The first kappa shape index (κ1) is 28.4. The van der Waals surface area contributed by atoms with Crippen LogP contribution in [0.15, 0.2) is 54.6 Å². The Bertz CT molecular complexity index is 2200. The number of likely N-dealkylation sites (tertiary alicyclic amines) is 1. The van der Waals surface area contributed by atoms with Gasteiger partial charge in [-0.1, -0.05) is 35.6 Å². The molecule has 0 unspecified atom stereocenters. The molecule has 6 aromatic rings. The molecule has 2 aromatic carbocycles. The van der Waals surface area contributed by atoms with Crippen molar-refractivity contribution in [2.45, 2.75) is 44.3 Å². The quantitative estimate of drug-likeness (QED) is 0.237. The molecule has 1 amide bonds. The van der Waals surface area contributed by atoms with Crippen LogP contribution >= 0.6 is 11.3 Å². The molecule has 3 aliphatic rings. The minimum Gasteiger partial charge on any atom is -0.494 e. The molecule has 47 heavy (non-hydrogen) atoms. The molecule has 2 saturated carbocycles. The van der Waals surface area contributed by atoms with Crippen molar-refractivity contribution in [2.75, 3.05) is 19.4 Å². The third kappa shape index (κ3) is 4.61. The van der Waals surface area contributed by atoms with E-state index in [1.165, 1.54) is 24.2 Å². The van der Waals surface area contributed by atoms with Crippen molar-refractivity contribution in [3.8, 4) is 39.1 Å². The summed E-state index contributed by atoms with van der Waals surface area (Å²) >= 11 is 1.37. The molecule has 3 fully saturated rings. The number of methoxy groups -OCH3 is 1. The monoisotopic (exact) mass is 645 g/mol. The summed E-state index contributed by atoms with van der Waals surface area (Å²) in [5.41, 5.74) is 19.2. The predicted molar refractivity (Wildman–Crippen MR) is 183 cm³/mol. The first-order chi connectivity index (χ1) is 22.9. The Balaban J connectivity index is 1.11. The van der Waals surface area contributed by atoms with Gasteiger partial charge in [0.25, 0.3) is 5.91 Å². The molecule has 11 nitrogen and oxygen atoms in total. The summed E-state index contributed by atoms with van der Waals surface area (Å²) in [6, 6.07) is 18.5. The fourth-order valence-corrected chi connectivity index (χ4v) is 8.23. The van der Waals surface area contributed by atoms with Gasteiger partial charge in [0.1, 0.15) is 21.9 Å². The molecule has 238 valence electrons. The van der Waals surface area contributed by atoms with Gasteiger partial charge in [-0.2, -0.15) is 0 Å². The van der Waals surface area contributed by atoms with E-state index in [0.717, 1.165) is 81.3 Å². The number of aryl methyl sites for hydroxylation is 1. The zero-order valence-corrected chi connectivity index (χ0v) is 27.1. The first-order valence-electron chi connectivity index (χ1n) is 16.2. The maximum Gasteiger partial charge on any atom is 0.254 e. The lowest BCUT2D eigenvalue weighted by atomic mass is 10.1. The molecule has 5 heterocycles. The molecule has 4 N–H and O–H groups in total. The maximum atomic E-state index is 13.8. The van der Waals surface area contributed by atoms with Crippen LogP contribution in [0.4, 0.5) is 5.13 Å². The number of piperidine rings is 1. The SMILES string of the molecule is COc1cc(C(=O)N2C[C@H]3CC[C@@H]2[C@@H]3N)cc2nc(-c3cc4ccc(-c5ccc(-c6nnc(N)s6)cc5)nc4n3CC3CC3)n(C)c12. The number of amides is 1. The van der Waals surface area contributed by atoms with E-state index in [1.807, 2.05) is 36.2 Å². The van der Waals surface area contributed by atoms with Crippen molar-refractivity contribution in [1.29, 1.82) is 0 Å². The highest BCUT2D eigenvalue weighted by Crippen LogP contribution is 2.40. The second-order valence-corrected chi connectivity index (χ2v) is 14.2. The molecule has 1 saturated heterocycles. The number of benzene rings is 2. The molecule has 4 aromatic heterocycles. The number of hydrogen-bond donors (Lipinski definition) is 2. The Hall–Kier alpha value is -4.81. The summed E-state index contributed by atoms with van der Waals surface area (Å²) in [5, 5.41) is 10.4. The van der Waals surface area contributed by atoms with Gasteiger partial charge in [0.2, 0.25) is 5.13 Å². The molecule has 1 aliphatic heterocycles. The lowest BCUT2D eigenvalue weighted by Crippen LogP contribution is -2.41. The average molecular weight is 646 g/mol. The number of hydrogen-bond acceptors (Lipinski definition) is 9. The summed E-state index contributed by atoms with van der Waals surface area (Å²) in [5.74, 6) is 2.44. The Morgan fingerprint density at radius 2 is 1.81 bits per heavy atom. The molecule has 0 spiro atoms. The van der Waals surface area contributed by atoms with E-state index in [1.54, 1.807) is 7.11 Å². The van der Waals surface area contributed by atoms with E-state index in [2.05, 4.69) is 49.7 Å². The molecule has 2 aliphatic carbocycles. The van der Waals surface area contributed by atoms with Gasteiger partial charge in [0, 0.05) is 54.3 Å². The lowest BCUT2D eigenvalue weighted by Gasteiger charge is -2.27. The number of nitrogens with two attached hydrogens (primary N) is 2. The van der Waals surface area contributed by atoms with E-state index in [4.69, 9.17) is 26.2 Å². The fraction of sp³-hybridized carbons (Fsp3) is 0.343. The smallest absolute Gasteiger partial charge is 0.254 e. The third-order valence-electron chi connectivity index (χ3n) is 10.3. The summed E-state index contributed by atoms with van der Waals surface area (Å²) in [6.07, 6.45) is 4.48. The fourth-order valence-electron chi connectivity index (χ4n) is 7.62. The van der Waals surface area contributed by atoms with Crippen LogP contribution in [0.5, 0.6) is 5.75 Å². The number of fused-ring (bicyclic) bond motifs is 4. The number of carbonyl (C=O) groups excluding carboxylic acids is 1. The van der Waals surface area contributed by atoms with Gasteiger partial charge in [-0.05, 0) is 67.9 Å². The summed E-state index contributed by atoms with van der Waals surface area (Å²) in [7, 11) is 3.66. The van der Waals surface area contributed by atoms with Gasteiger partial charge < -0.3 is 30.2 Å². The number of nitrogens with zero attached hydrogens (tertiary/aromatic N) is 7. The third-order valence-corrected chi connectivity index (χ3v) is 11.1. The Labute approximate surface area is 275 Å². The molecule has 12 heteroatoms. The molecular weight excluding hydrogens is 611 g/mol. The van der Waals surface area contributed by atoms with Crippen LogP contribution in [0, 0.1) is 11.8 Å². The number of nitrogen functional groups attached to an aromatic ring is 1. The highest BCUT2D eigenvalue weighted by molar-refractivity contribution is 7.18. The number of aromatic nitrogens is 6. The molecule has 3 atom stereocenters. The van der Waals surface area contributed by atoms with E-state index in [9.17, 15) is 4.79 Å². The predicted octanol–water partition coefficient (Wildman–Crippen LogP) is 5.34. The molecule has 2 bridgehead atoms. The minimum absolute atomic E-state index is 0.000103. The van der Waals surface area contributed by atoms with E-state index < -0.39 is 0 Å². The van der Waals surface area contributed by atoms with Crippen molar-refractivity contribution in [3.63, 3.8) is 0 Å². The van der Waals surface area contributed by atoms with Crippen molar-refractivity contribution >= 4 is 44.4 Å². The van der Waals surface area contributed by atoms with Crippen LogP contribution in [0.25, 0.3) is 55.4 Å². The van der Waals surface area contributed by atoms with Gasteiger partial charge in [-0.25, -0.2) is 9.97 Å². The van der Waals surface area contributed by atoms with Crippen LogP contribution in [-0.2, 0) is 13.6 Å². The Morgan fingerprint density at radius 3 is 2.49 bits per heavy atom. The Kier molecular flexibility index (Phi) is 6.41. The summed E-state index contributed by atoms with van der Waals surface area (Å²) < 4.78 is 10.3. The maximum absolute atomic E-state index is 13.8. The zero-order valence-electron chi connectivity index (χ0n) is 26.3. The summed E-state index contributed by atoms with van der Waals surface area (Å²) in [6.45, 7) is 1.59. The van der Waals surface area contributed by atoms with Crippen LogP contribution in [0.3, 0.4) is 0 Å². The van der Waals surface area contributed by atoms with Crippen molar-refractivity contribution in [3.05, 3.63) is 60.2 Å². The van der Waals surface area contributed by atoms with Crippen LogP contribution in [-0.4, -0.2) is 65.8 Å². The van der Waals surface area contributed by atoms with Gasteiger partial charge in [0.05, 0.1) is 24.0 Å². The van der Waals surface area contributed by atoms with E-state index in [0.29, 0.717) is 28.3 Å². The second-order valence-electron chi connectivity index (χ2n) is 13.2. The number of pyridine rings is 1. The lowest BCUT2D eigenvalue weighted by molar-refractivity contribution is 0.0700. The van der Waals surface area contributed by atoms with Crippen molar-refractivity contribution in [2.24, 2.45) is 24.6 Å². The van der Waals surface area contributed by atoms with E-state index in [-0.39, 0.29) is 18.0 Å². The highest BCUT2D eigenvalue weighted by atomic mass is 32.1. The van der Waals surface area contributed by atoms with Crippen molar-refractivity contribution < 1.29 is 9.53 Å².